The minimum Gasteiger partial charge on any atom is -0.310 e. The predicted octanol–water partition coefficient (Wildman–Crippen LogP) is 12.1. The van der Waals surface area contributed by atoms with Crippen LogP contribution >= 0.6 is 11.6 Å². The highest BCUT2D eigenvalue weighted by molar-refractivity contribution is 6.31. The van der Waals surface area contributed by atoms with Crippen molar-refractivity contribution >= 4 is 50.2 Å². The first-order chi connectivity index (χ1) is 21.0. The normalized spacial score (nSPS) is 13.2. The van der Waals surface area contributed by atoms with Crippen molar-refractivity contribution in [1.29, 1.82) is 0 Å². The van der Waals surface area contributed by atoms with Crippen LogP contribution in [0.4, 0.5) is 17.1 Å². The summed E-state index contributed by atoms with van der Waals surface area (Å²) >= 11 is 6.92. The molecule has 0 heterocycles. The van der Waals surface area contributed by atoms with Crippen LogP contribution in [-0.2, 0) is 5.41 Å². The molecule has 7 aromatic carbocycles. The van der Waals surface area contributed by atoms with Gasteiger partial charge in [0, 0.05) is 27.2 Å². The van der Waals surface area contributed by atoms with E-state index in [9.17, 15) is 0 Å². The highest BCUT2D eigenvalue weighted by Crippen LogP contribution is 2.51. The second-order valence-corrected chi connectivity index (χ2v) is 12.4. The number of hydrogen-bond acceptors (Lipinski definition) is 1. The molecule has 0 saturated heterocycles. The molecule has 2 heteroatoms. The average Bonchev–Trinajstić information content (AvgIpc) is 3.25. The standard InChI is InChI=1S/C41H30ClN/c1-41(2)38-25-30(19-20-36(38)37-23-28-12-6-7-13-29(28)24-39(37)41)31-21-32(42)26-34(22-31)43(33-15-4-3-5-16-33)40-18-10-14-27-11-8-9-17-35(27)40/h3-26H,1-2H3. The number of hydrogen-bond donors (Lipinski definition) is 0. The predicted molar refractivity (Wildman–Crippen MR) is 184 cm³/mol. The molecule has 0 spiro atoms. The lowest BCUT2D eigenvalue weighted by Crippen LogP contribution is -2.15. The molecular formula is C41H30ClN. The molecule has 1 nitrogen and oxygen atoms in total. The molecule has 0 radical (unpaired) electrons. The van der Waals surface area contributed by atoms with Gasteiger partial charge in [-0.25, -0.2) is 0 Å². The molecule has 0 aromatic heterocycles. The molecule has 0 fully saturated rings. The van der Waals surface area contributed by atoms with Crippen molar-refractivity contribution in [2.75, 3.05) is 4.90 Å². The lowest BCUT2D eigenvalue weighted by molar-refractivity contribution is 0.661. The second-order valence-electron chi connectivity index (χ2n) is 12.0. The maximum absolute atomic E-state index is 6.92. The SMILES string of the molecule is CC1(C)c2cc(-c3cc(Cl)cc(N(c4ccccc4)c4cccc5ccccc45)c3)ccc2-c2cc3ccccc3cc21. The third-order valence-corrected chi connectivity index (χ3v) is 9.26. The summed E-state index contributed by atoms with van der Waals surface area (Å²) in [6.45, 7) is 4.69. The van der Waals surface area contributed by atoms with E-state index in [-0.39, 0.29) is 5.41 Å². The van der Waals surface area contributed by atoms with Crippen LogP contribution in [0.5, 0.6) is 0 Å². The zero-order chi connectivity index (χ0) is 29.1. The van der Waals surface area contributed by atoms with E-state index in [2.05, 4.69) is 164 Å². The lowest BCUT2D eigenvalue weighted by Gasteiger charge is -2.27. The first kappa shape index (κ1) is 25.8. The van der Waals surface area contributed by atoms with E-state index in [4.69, 9.17) is 11.6 Å². The maximum Gasteiger partial charge on any atom is 0.0540 e. The third kappa shape index (κ3) is 4.23. The van der Waals surface area contributed by atoms with Crippen LogP contribution in [0.25, 0.3) is 43.8 Å². The Bertz CT molecular complexity index is 2170. The molecule has 206 valence electrons. The molecule has 0 amide bonds. The van der Waals surface area contributed by atoms with Crippen molar-refractivity contribution in [3.05, 3.63) is 162 Å². The van der Waals surface area contributed by atoms with Crippen LogP contribution in [0.15, 0.2) is 146 Å². The molecule has 1 aliphatic rings. The number of halogens is 1. The molecule has 7 aromatic rings. The number of fused-ring (bicyclic) bond motifs is 5. The Kier molecular flexibility index (Phi) is 5.93. The van der Waals surface area contributed by atoms with Crippen LogP contribution in [0.3, 0.4) is 0 Å². The summed E-state index contributed by atoms with van der Waals surface area (Å²) in [5.74, 6) is 0. The van der Waals surface area contributed by atoms with Gasteiger partial charge in [-0.05, 0) is 104 Å². The Balaban J connectivity index is 1.29. The van der Waals surface area contributed by atoms with Gasteiger partial charge in [-0.2, -0.15) is 0 Å². The van der Waals surface area contributed by atoms with E-state index >= 15 is 0 Å². The highest BCUT2D eigenvalue weighted by Gasteiger charge is 2.36. The van der Waals surface area contributed by atoms with Crippen molar-refractivity contribution in [1.82, 2.24) is 0 Å². The fourth-order valence-corrected chi connectivity index (χ4v) is 7.11. The summed E-state index contributed by atoms with van der Waals surface area (Å²) < 4.78 is 0. The molecule has 0 saturated carbocycles. The Labute approximate surface area is 257 Å². The molecular weight excluding hydrogens is 542 g/mol. The van der Waals surface area contributed by atoms with Gasteiger partial charge in [0.05, 0.1) is 5.69 Å². The van der Waals surface area contributed by atoms with Crippen LogP contribution < -0.4 is 4.90 Å². The second kappa shape index (κ2) is 9.87. The van der Waals surface area contributed by atoms with Crippen molar-refractivity contribution in [2.24, 2.45) is 0 Å². The van der Waals surface area contributed by atoms with Gasteiger partial charge >= 0.3 is 0 Å². The third-order valence-electron chi connectivity index (χ3n) is 9.04. The Hall–Kier alpha value is -4.85. The summed E-state index contributed by atoms with van der Waals surface area (Å²) in [7, 11) is 0. The number of para-hydroxylation sites is 1. The molecule has 1 aliphatic carbocycles. The average molecular weight is 572 g/mol. The zero-order valence-corrected chi connectivity index (χ0v) is 24.9. The monoisotopic (exact) mass is 571 g/mol. The van der Waals surface area contributed by atoms with Crippen LogP contribution in [-0.4, -0.2) is 0 Å². The first-order valence-corrected chi connectivity index (χ1v) is 15.2. The largest absolute Gasteiger partial charge is 0.310 e. The van der Waals surface area contributed by atoms with E-state index in [0.29, 0.717) is 5.02 Å². The van der Waals surface area contributed by atoms with Gasteiger partial charge in [-0.1, -0.05) is 116 Å². The van der Waals surface area contributed by atoms with Crippen molar-refractivity contribution in [3.8, 4) is 22.3 Å². The summed E-state index contributed by atoms with van der Waals surface area (Å²) in [6.07, 6.45) is 0. The Morgan fingerprint density at radius 2 is 1.16 bits per heavy atom. The van der Waals surface area contributed by atoms with E-state index < -0.39 is 0 Å². The summed E-state index contributed by atoms with van der Waals surface area (Å²) in [5, 5.41) is 5.68. The Morgan fingerprint density at radius 1 is 0.488 bits per heavy atom. The fourth-order valence-electron chi connectivity index (χ4n) is 6.88. The van der Waals surface area contributed by atoms with Gasteiger partial charge in [0.25, 0.3) is 0 Å². The summed E-state index contributed by atoms with van der Waals surface area (Å²) in [4.78, 5) is 2.32. The molecule has 8 rings (SSSR count). The quantitative estimate of drug-likeness (QED) is 0.203. The molecule has 0 unspecified atom stereocenters. The van der Waals surface area contributed by atoms with E-state index in [1.165, 1.54) is 49.4 Å². The van der Waals surface area contributed by atoms with Gasteiger partial charge in [-0.3, -0.25) is 0 Å². The summed E-state index contributed by atoms with van der Waals surface area (Å²) in [6, 6.07) is 52.3. The number of benzene rings is 7. The number of anilines is 3. The number of nitrogens with zero attached hydrogens (tertiary/aromatic N) is 1. The maximum atomic E-state index is 6.92. The lowest BCUT2D eigenvalue weighted by atomic mass is 9.81. The van der Waals surface area contributed by atoms with Gasteiger partial charge in [0.15, 0.2) is 0 Å². The van der Waals surface area contributed by atoms with Gasteiger partial charge in [-0.15, -0.1) is 0 Å². The fraction of sp³-hybridized carbons (Fsp3) is 0.0732. The van der Waals surface area contributed by atoms with Crippen molar-refractivity contribution < 1.29 is 0 Å². The minimum atomic E-state index is -0.106. The Morgan fingerprint density at radius 3 is 1.98 bits per heavy atom. The molecule has 0 aliphatic heterocycles. The van der Waals surface area contributed by atoms with Crippen LogP contribution in [0.2, 0.25) is 5.02 Å². The van der Waals surface area contributed by atoms with Gasteiger partial charge in [0.1, 0.15) is 0 Å². The molecule has 43 heavy (non-hydrogen) atoms. The van der Waals surface area contributed by atoms with Crippen molar-refractivity contribution in [2.45, 2.75) is 19.3 Å². The van der Waals surface area contributed by atoms with E-state index in [1.807, 2.05) is 0 Å². The van der Waals surface area contributed by atoms with Crippen LogP contribution in [0, 0.1) is 0 Å². The van der Waals surface area contributed by atoms with Crippen LogP contribution in [0.1, 0.15) is 25.0 Å². The molecule has 0 atom stereocenters. The smallest absolute Gasteiger partial charge is 0.0540 e. The molecule has 0 N–H and O–H groups in total. The van der Waals surface area contributed by atoms with Gasteiger partial charge < -0.3 is 4.90 Å². The topological polar surface area (TPSA) is 3.24 Å². The summed E-state index contributed by atoms with van der Waals surface area (Å²) in [5.41, 5.74) is 10.8. The first-order valence-electron chi connectivity index (χ1n) is 14.8. The zero-order valence-electron chi connectivity index (χ0n) is 24.2. The van der Waals surface area contributed by atoms with Crippen molar-refractivity contribution in [3.63, 3.8) is 0 Å². The highest BCUT2D eigenvalue weighted by atomic mass is 35.5. The van der Waals surface area contributed by atoms with Gasteiger partial charge in [0.2, 0.25) is 0 Å². The number of rotatable bonds is 4. The van der Waals surface area contributed by atoms with E-state index in [1.54, 1.807) is 0 Å². The van der Waals surface area contributed by atoms with E-state index in [0.717, 1.165) is 22.6 Å². The minimum absolute atomic E-state index is 0.106. The molecule has 0 bridgehead atoms.